The van der Waals surface area contributed by atoms with Crippen molar-refractivity contribution < 1.29 is 17.9 Å². The van der Waals surface area contributed by atoms with Gasteiger partial charge in [-0.05, 0) is 12.5 Å². The first-order valence-electron chi connectivity index (χ1n) is 7.04. The van der Waals surface area contributed by atoms with Crippen LogP contribution in [0, 0.1) is 5.92 Å². The number of nitrogens with one attached hydrogen (secondary N) is 3. The number of sulfonamides is 1. The molecule has 1 saturated carbocycles. The molecule has 126 valence electrons. The molecule has 2 heterocycles. The average Bonchev–Trinajstić information content (AvgIpc) is 2.88. The molecule has 0 radical (unpaired) electrons. The second kappa shape index (κ2) is 5.90. The number of rotatable bonds is 4. The van der Waals surface area contributed by atoms with Gasteiger partial charge in [-0.1, -0.05) is 11.6 Å². The van der Waals surface area contributed by atoms with Gasteiger partial charge < -0.3 is 15.0 Å². The Balaban J connectivity index is 1.78. The van der Waals surface area contributed by atoms with Gasteiger partial charge in [0, 0.05) is 18.7 Å². The first-order valence-corrected chi connectivity index (χ1v) is 9.31. The molecule has 8 nitrogen and oxygen atoms in total. The summed E-state index contributed by atoms with van der Waals surface area (Å²) < 4.78 is 30.9. The van der Waals surface area contributed by atoms with E-state index in [4.69, 9.17) is 16.3 Å². The normalized spacial score (nSPS) is 29.7. The van der Waals surface area contributed by atoms with Crippen LogP contribution in [0.4, 0.5) is 0 Å². The highest BCUT2D eigenvalue weighted by atomic mass is 35.5. The van der Waals surface area contributed by atoms with Crippen LogP contribution in [0.2, 0.25) is 5.02 Å². The molecule has 10 heteroatoms. The molecule has 2 aliphatic rings. The van der Waals surface area contributed by atoms with Crippen molar-refractivity contribution in [2.24, 2.45) is 5.92 Å². The number of carbonyl (C=O) groups excluding carboxylic acids is 1. The Morgan fingerprint density at radius 3 is 2.87 bits per heavy atom. The third-order valence-corrected chi connectivity index (χ3v) is 5.06. The van der Waals surface area contributed by atoms with Crippen LogP contribution in [0.3, 0.4) is 0 Å². The quantitative estimate of drug-likeness (QED) is 0.666. The number of hydrogen-bond donors (Lipinski definition) is 3. The first-order chi connectivity index (χ1) is 10.8. The lowest BCUT2D eigenvalue weighted by Gasteiger charge is -2.47. The van der Waals surface area contributed by atoms with E-state index in [9.17, 15) is 18.0 Å². The summed E-state index contributed by atoms with van der Waals surface area (Å²) in [6.07, 6.45) is 2.81. The fraction of sp³-hybridized carbons (Fsp3) is 0.538. The summed E-state index contributed by atoms with van der Waals surface area (Å²) in [5.41, 5.74) is -0.670. The van der Waals surface area contributed by atoms with Gasteiger partial charge in [0.25, 0.3) is 11.5 Å². The van der Waals surface area contributed by atoms with Crippen molar-refractivity contribution in [3.05, 3.63) is 33.2 Å². The van der Waals surface area contributed by atoms with Gasteiger partial charge in [0.1, 0.15) is 5.56 Å². The molecule has 0 bridgehead atoms. The van der Waals surface area contributed by atoms with E-state index in [1.807, 2.05) is 0 Å². The van der Waals surface area contributed by atoms with Crippen LogP contribution >= 0.6 is 11.6 Å². The predicted octanol–water partition coefficient (Wildman–Crippen LogP) is -0.537. The zero-order valence-corrected chi connectivity index (χ0v) is 13.8. The number of fused-ring (bicyclic) bond motifs is 1. The molecule has 0 spiro atoms. The Labute approximate surface area is 137 Å². The lowest BCUT2D eigenvalue weighted by Crippen LogP contribution is -2.70. The first kappa shape index (κ1) is 16.4. The van der Waals surface area contributed by atoms with E-state index in [0.29, 0.717) is 6.61 Å². The largest absolute Gasteiger partial charge is 0.376 e. The average molecular weight is 362 g/mol. The van der Waals surface area contributed by atoms with Crippen molar-refractivity contribution in [2.45, 2.75) is 24.6 Å². The summed E-state index contributed by atoms with van der Waals surface area (Å²) >= 11 is 5.79. The Kier molecular flexibility index (Phi) is 4.21. The molecule has 1 aromatic rings. The molecular formula is C13H16ClN3O5S. The van der Waals surface area contributed by atoms with Gasteiger partial charge >= 0.3 is 0 Å². The Morgan fingerprint density at radius 2 is 2.17 bits per heavy atom. The number of aromatic nitrogens is 1. The monoisotopic (exact) mass is 361 g/mol. The van der Waals surface area contributed by atoms with Crippen molar-refractivity contribution in [1.29, 1.82) is 0 Å². The second-order valence-electron chi connectivity index (χ2n) is 5.76. The molecule has 1 saturated heterocycles. The molecule has 1 amide bonds. The smallest absolute Gasteiger partial charge is 0.260 e. The summed E-state index contributed by atoms with van der Waals surface area (Å²) in [5, 5.41) is 2.95. The van der Waals surface area contributed by atoms with E-state index < -0.39 is 33.6 Å². The minimum Gasteiger partial charge on any atom is -0.376 e. The fourth-order valence-corrected chi connectivity index (χ4v) is 4.09. The third kappa shape index (κ3) is 3.27. The fourth-order valence-electron chi connectivity index (χ4n) is 3.15. The van der Waals surface area contributed by atoms with Gasteiger partial charge in [-0.2, -0.15) is 0 Å². The molecule has 23 heavy (non-hydrogen) atoms. The van der Waals surface area contributed by atoms with E-state index >= 15 is 0 Å². The zero-order chi connectivity index (χ0) is 16.8. The third-order valence-electron chi connectivity index (χ3n) is 4.15. The summed E-state index contributed by atoms with van der Waals surface area (Å²) in [5.74, 6) is -0.569. The molecule has 1 aliphatic heterocycles. The highest BCUT2D eigenvalue weighted by Gasteiger charge is 2.55. The maximum absolute atomic E-state index is 12.3. The van der Waals surface area contributed by atoms with Crippen molar-refractivity contribution in [2.75, 3.05) is 12.9 Å². The maximum atomic E-state index is 12.3. The van der Waals surface area contributed by atoms with Gasteiger partial charge in [0.2, 0.25) is 10.0 Å². The minimum atomic E-state index is -3.44. The van der Waals surface area contributed by atoms with E-state index in [0.717, 1.165) is 12.7 Å². The lowest BCUT2D eigenvalue weighted by molar-refractivity contribution is -0.0194. The molecule has 1 aromatic heterocycles. The van der Waals surface area contributed by atoms with Crippen LogP contribution < -0.4 is 15.6 Å². The van der Waals surface area contributed by atoms with Crippen LogP contribution in [0.5, 0.6) is 0 Å². The zero-order valence-electron chi connectivity index (χ0n) is 12.2. The summed E-state index contributed by atoms with van der Waals surface area (Å²) in [4.78, 5) is 26.4. The van der Waals surface area contributed by atoms with Crippen molar-refractivity contribution in [1.82, 2.24) is 15.0 Å². The van der Waals surface area contributed by atoms with Gasteiger partial charge in [0.05, 0.1) is 29.5 Å². The molecule has 4 atom stereocenters. The standard InChI is InChI=1S/C13H16ClN3O5S/c1-23(20,21)17-10-9(7-2-3-22-11(7)10)16-13(19)8-4-6(14)5-15-12(8)18/h4-5,7,9-11,17H,2-3H2,1H3,(H,15,18)(H,16,19)/t7-,9+,10-,11-/m1/s1. The van der Waals surface area contributed by atoms with Crippen molar-refractivity contribution >= 4 is 27.5 Å². The SMILES string of the molecule is CS(=O)(=O)N[C@@H]1[C@@H](NC(=O)c2cc(Cl)c[nH]c2=O)[C@H]2CCO[C@H]21. The Morgan fingerprint density at radius 1 is 1.43 bits per heavy atom. The molecule has 0 aromatic carbocycles. The molecule has 3 N–H and O–H groups in total. The number of ether oxygens (including phenoxy) is 1. The Bertz CT molecular complexity index is 793. The number of pyridine rings is 1. The molecule has 2 fully saturated rings. The summed E-state index contributed by atoms with van der Waals surface area (Å²) in [7, 11) is -3.44. The van der Waals surface area contributed by atoms with E-state index in [1.54, 1.807) is 0 Å². The number of carbonyl (C=O) groups is 1. The molecule has 0 unspecified atom stereocenters. The number of H-pyrrole nitrogens is 1. The maximum Gasteiger partial charge on any atom is 0.260 e. The summed E-state index contributed by atoms with van der Waals surface area (Å²) in [6, 6.07) is 0.304. The van der Waals surface area contributed by atoms with Crippen LogP contribution in [0.1, 0.15) is 16.8 Å². The van der Waals surface area contributed by atoms with Crippen LogP contribution in [-0.4, -0.2) is 50.4 Å². The van der Waals surface area contributed by atoms with Gasteiger partial charge in [-0.15, -0.1) is 0 Å². The molecule has 1 aliphatic carbocycles. The number of amides is 1. The number of halogens is 1. The topological polar surface area (TPSA) is 117 Å². The number of hydrogen-bond acceptors (Lipinski definition) is 5. The molecular weight excluding hydrogens is 346 g/mol. The number of aromatic amines is 1. The predicted molar refractivity (Wildman–Crippen MR) is 82.9 cm³/mol. The highest BCUT2D eigenvalue weighted by Crippen LogP contribution is 2.39. The highest BCUT2D eigenvalue weighted by molar-refractivity contribution is 7.88. The van der Waals surface area contributed by atoms with Crippen molar-refractivity contribution in [3.8, 4) is 0 Å². The lowest BCUT2D eigenvalue weighted by atomic mass is 9.72. The second-order valence-corrected chi connectivity index (χ2v) is 7.98. The minimum absolute atomic E-state index is 0.0245. The van der Waals surface area contributed by atoms with Crippen LogP contribution in [0.15, 0.2) is 17.1 Å². The van der Waals surface area contributed by atoms with Crippen LogP contribution in [-0.2, 0) is 14.8 Å². The van der Waals surface area contributed by atoms with E-state index in [-0.39, 0.29) is 22.6 Å². The van der Waals surface area contributed by atoms with Gasteiger partial charge in [-0.3, -0.25) is 9.59 Å². The summed E-state index contributed by atoms with van der Waals surface area (Å²) in [6.45, 7) is 0.515. The van der Waals surface area contributed by atoms with Crippen molar-refractivity contribution in [3.63, 3.8) is 0 Å². The van der Waals surface area contributed by atoms with E-state index in [2.05, 4.69) is 15.0 Å². The molecule has 3 rings (SSSR count). The van der Waals surface area contributed by atoms with Crippen LogP contribution in [0.25, 0.3) is 0 Å². The van der Waals surface area contributed by atoms with Gasteiger partial charge in [-0.25, -0.2) is 13.1 Å². The van der Waals surface area contributed by atoms with E-state index in [1.165, 1.54) is 12.3 Å². The van der Waals surface area contributed by atoms with Gasteiger partial charge in [0.15, 0.2) is 0 Å². The Hall–Kier alpha value is -1.42.